The minimum Gasteiger partial charge on any atom is -0.453 e. The molecule has 1 heterocycles. The van der Waals surface area contributed by atoms with Gasteiger partial charge in [0, 0.05) is 6.20 Å². The number of aromatic nitrogens is 1. The summed E-state index contributed by atoms with van der Waals surface area (Å²) in [5.41, 5.74) is 0.142. The molecule has 0 radical (unpaired) electrons. The van der Waals surface area contributed by atoms with Crippen LogP contribution in [0, 0.1) is 0 Å². The molecule has 0 aliphatic heterocycles. The Bertz CT molecular complexity index is 395. The van der Waals surface area contributed by atoms with Crippen molar-refractivity contribution >= 4 is 56.7 Å². The van der Waals surface area contributed by atoms with Crippen molar-refractivity contribution in [1.29, 1.82) is 0 Å². The summed E-state index contributed by atoms with van der Waals surface area (Å²) in [5.74, 6) is -0.647. The zero-order valence-corrected chi connectivity index (χ0v) is 11.9. The van der Waals surface area contributed by atoms with Crippen molar-refractivity contribution in [2.24, 2.45) is 0 Å². The van der Waals surface area contributed by atoms with Gasteiger partial charge in [0.05, 0.1) is 4.47 Å². The highest BCUT2D eigenvalue weighted by Gasteiger charge is 2.32. The molecule has 88 valence electrons. The van der Waals surface area contributed by atoms with Crippen LogP contribution in [0.15, 0.2) is 22.8 Å². The van der Waals surface area contributed by atoms with E-state index in [-0.39, 0.29) is 5.69 Å². The number of halogens is 4. The molecule has 0 amide bonds. The van der Waals surface area contributed by atoms with E-state index in [9.17, 15) is 4.79 Å². The molecule has 0 fully saturated rings. The number of hydrogen-bond donors (Lipinski definition) is 0. The Morgan fingerprint density at radius 3 is 2.69 bits per heavy atom. The van der Waals surface area contributed by atoms with Gasteiger partial charge in [-0.1, -0.05) is 34.8 Å². The quantitative estimate of drug-likeness (QED) is 0.604. The van der Waals surface area contributed by atoms with Crippen molar-refractivity contribution in [3.05, 3.63) is 28.5 Å². The average molecular weight is 347 g/mol. The SMILES string of the molecule is C[C@H](OC(=O)c1ncccc1Br)C(Cl)(Cl)Cl. The van der Waals surface area contributed by atoms with E-state index < -0.39 is 15.9 Å². The molecule has 1 atom stereocenters. The van der Waals surface area contributed by atoms with Crippen molar-refractivity contribution < 1.29 is 9.53 Å². The van der Waals surface area contributed by atoms with Gasteiger partial charge in [-0.3, -0.25) is 0 Å². The second-order valence-corrected chi connectivity index (χ2v) is 6.15. The van der Waals surface area contributed by atoms with E-state index >= 15 is 0 Å². The van der Waals surface area contributed by atoms with E-state index in [0.29, 0.717) is 4.47 Å². The fourth-order valence-corrected chi connectivity index (χ4v) is 1.37. The molecular weight excluding hydrogens is 340 g/mol. The molecule has 0 saturated heterocycles. The highest BCUT2D eigenvalue weighted by atomic mass is 79.9. The van der Waals surface area contributed by atoms with Crippen molar-refractivity contribution in [3.8, 4) is 0 Å². The van der Waals surface area contributed by atoms with Gasteiger partial charge in [-0.25, -0.2) is 9.78 Å². The van der Waals surface area contributed by atoms with Crippen molar-refractivity contribution in [2.75, 3.05) is 0 Å². The summed E-state index contributed by atoms with van der Waals surface area (Å²) in [4.78, 5) is 15.5. The Labute approximate surface area is 116 Å². The standard InChI is InChI=1S/C9H7BrCl3NO2/c1-5(9(11,12)13)16-8(15)7-6(10)3-2-4-14-7/h2-5H,1H3/t5-/m0/s1. The highest BCUT2D eigenvalue weighted by Crippen LogP contribution is 2.32. The number of esters is 1. The van der Waals surface area contributed by atoms with Gasteiger partial charge in [-0.2, -0.15) is 0 Å². The zero-order valence-electron chi connectivity index (χ0n) is 8.08. The van der Waals surface area contributed by atoms with Crippen LogP contribution in [0.1, 0.15) is 17.4 Å². The first kappa shape index (κ1) is 14.0. The lowest BCUT2D eigenvalue weighted by Crippen LogP contribution is -2.28. The number of carbonyl (C=O) groups excluding carboxylic acids is 1. The molecule has 16 heavy (non-hydrogen) atoms. The second kappa shape index (κ2) is 5.54. The van der Waals surface area contributed by atoms with Gasteiger partial charge in [-0.15, -0.1) is 0 Å². The van der Waals surface area contributed by atoms with Gasteiger partial charge >= 0.3 is 5.97 Å². The van der Waals surface area contributed by atoms with E-state index in [1.807, 2.05) is 0 Å². The average Bonchev–Trinajstić information content (AvgIpc) is 2.16. The minimum atomic E-state index is -1.66. The van der Waals surface area contributed by atoms with E-state index in [0.717, 1.165) is 0 Å². The maximum atomic E-state index is 11.6. The number of carbonyl (C=O) groups is 1. The summed E-state index contributed by atoms with van der Waals surface area (Å²) in [5, 5.41) is 0. The van der Waals surface area contributed by atoms with Crippen LogP contribution in [0.5, 0.6) is 0 Å². The molecule has 1 rings (SSSR count). The first-order valence-corrected chi connectivity index (χ1v) is 6.13. The molecule has 0 saturated carbocycles. The highest BCUT2D eigenvalue weighted by molar-refractivity contribution is 9.10. The van der Waals surface area contributed by atoms with Gasteiger partial charge in [0.25, 0.3) is 0 Å². The molecule has 0 aliphatic rings. The van der Waals surface area contributed by atoms with Crippen LogP contribution in [-0.2, 0) is 4.74 Å². The number of rotatable bonds is 2. The Balaban J connectivity index is 2.78. The summed E-state index contributed by atoms with van der Waals surface area (Å²) in [6.45, 7) is 1.49. The summed E-state index contributed by atoms with van der Waals surface area (Å²) in [6, 6.07) is 3.35. The van der Waals surface area contributed by atoms with Crippen LogP contribution < -0.4 is 0 Å². The largest absolute Gasteiger partial charge is 0.453 e. The number of ether oxygens (including phenoxy) is 1. The number of hydrogen-bond acceptors (Lipinski definition) is 3. The molecule has 0 N–H and O–H groups in total. The van der Waals surface area contributed by atoms with Gasteiger partial charge < -0.3 is 4.74 Å². The van der Waals surface area contributed by atoms with E-state index in [2.05, 4.69) is 20.9 Å². The summed E-state index contributed by atoms with van der Waals surface area (Å²) >= 11 is 19.9. The minimum absolute atomic E-state index is 0.142. The third-order valence-corrected chi connectivity index (χ3v) is 3.26. The fraction of sp³-hybridized carbons (Fsp3) is 0.333. The third kappa shape index (κ3) is 3.77. The second-order valence-electron chi connectivity index (χ2n) is 2.92. The monoisotopic (exact) mass is 345 g/mol. The van der Waals surface area contributed by atoms with E-state index in [1.54, 1.807) is 12.1 Å². The number of alkyl halides is 3. The lowest BCUT2D eigenvalue weighted by atomic mass is 10.3. The summed E-state index contributed by atoms with van der Waals surface area (Å²) < 4.78 is 3.82. The lowest BCUT2D eigenvalue weighted by molar-refractivity contribution is 0.0341. The van der Waals surface area contributed by atoms with Crippen molar-refractivity contribution in [3.63, 3.8) is 0 Å². The van der Waals surface area contributed by atoms with Crippen LogP contribution >= 0.6 is 50.7 Å². The molecule has 1 aromatic rings. The van der Waals surface area contributed by atoms with Crippen molar-refractivity contribution in [2.45, 2.75) is 16.8 Å². The molecular formula is C9H7BrCl3NO2. The van der Waals surface area contributed by atoms with Crippen LogP contribution in [0.3, 0.4) is 0 Å². The molecule has 0 aliphatic carbocycles. The molecule has 0 spiro atoms. The predicted octanol–water partition coefficient (Wildman–Crippen LogP) is 3.76. The molecule has 7 heteroatoms. The van der Waals surface area contributed by atoms with Crippen LogP contribution in [0.4, 0.5) is 0 Å². The first-order valence-electron chi connectivity index (χ1n) is 4.20. The lowest BCUT2D eigenvalue weighted by Gasteiger charge is -2.20. The Morgan fingerprint density at radius 2 is 2.19 bits per heavy atom. The zero-order chi connectivity index (χ0) is 12.3. The van der Waals surface area contributed by atoms with E-state index in [4.69, 9.17) is 39.5 Å². The number of pyridine rings is 1. The van der Waals surface area contributed by atoms with Crippen LogP contribution in [-0.4, -0.2) is 20.8 Å². The maximum absolute atomic E-state index is 11.6. The Kier molecular flexibility index (Phi) is 4.86. The fourth-order valence-electron chi connectivity index (χ4n) is 0.819. The normalized spacial score (nSPS) is 13.3. The van der Waals surface area contributed by atoms with Crippen LogP contribution in [0.25, 0.3) is 0 Å². The molecule has 0 aromatic carbocycles. The predicted molar refractivity (Wildman–Crippen MR) is 67.1 cm³/mol. The van der Waals surface area contributed by atoms with Gasteiger partial charge in [-0.05, 0) is 35.0 Å². The van der Waals surface area contributed by atoms with Crippen LogP contribution in [0.2, 0.25) is 0 Å². The third-order valence-electron chi connectivity index (χ3n) is 1.70. The number of nitrogens with zero attached hydrogens (tertiary/aromatic N) is 1. The smallest absolute Gasteiger partial charge is 0.358 e. The summed E-state index contributed by atoms with van der Waals surface area (Å²) in [7, 11) is 0. The molecule has 3 nitrogen and oxygen atoms in total. The van der Waals surface area contributed by atoms with Crippen molar-refractivity contribution in [1.82, 2.24) is 4.98 Å². The Morgan fingerprint density at radius 1 is 1.56 bits per heavy atom. The van der Waals surface area contributed by atoms with Gasteiger partial charge in [0.1, 0.15) is 6.10 Å². The molecule has 0 unspecified atom stereocenters. The van der Waals surface area contributed by atoms with E-state index in [1.165, 1.54) is 13.1 Å². The topological polar surface area (TPSA) is 39.2 Å². The molecule has 0 bridgehead atoms. The first-order chi connectivity index (χ1) is 7.32. The van der Waals surface area contributed by atoms with Gasteiger partial charge in [0.15, 0.2) is 5.69 Å². The maximum Gasteiger partial charge on any atom is 0.358 e. The van der Waals surface area contributed by atoms with Gasteiger partial charge in [0.2, 0.25) is 3.79 Å². The molecule has 1 aromatic heterocycles. The Hall–Kier alpha value is -0.0300. The summed E-state index contributed by atoms with van der Waals surface area (Å²) in [6.07, 6.45) is 0.611.